The summed E-state index contributed by atoms with van der Waals surface area (Å²) in [7, 11) is 4.43. The van der Waals surface area contributed by atoms with E-state index in [1.165, 1.54) is 28.1 Å². The molecule has 14 heteroatoms. The third kappa shape index (κ3) is 13.3. The number of cyclic esters (lactones) is 1. The second-order valence-electron chi connectivity index (χ2n) is 17.6. The van der Waals surface area contributed by atoms with E-state index < -0.39 is 83.9 Å². The molecule has 0 radical (unpaired) electrons. The topological polar surface area (TPSA) is 199 Å². The molecule has 2 fully saturated rings. The summed E-state index contributed by atoms with van der Waals surface area (Å²) in [6, 6.07) is -1.20. The first kappa shape index (κ1) is 51.5. The fourth-order valence-corrected chi connectivity index (χ4v) is 9.33. The number of ketones is 2. The van der Waals surface area contributed by atoms with Gasteiger partial charge in [-0.1, -0.05) is 44.6 Å². The van der Waals surface area contributed by atoms with E-state index in [0.29, 0.717) is 56.9 Å². The van der Waals surface area contributed by atoms with Gasteiger partial charge in [0.1, 0.15) is 24.0 Å². The van der Waals surface area contributed by atoms with E-state index in [4.69, 9.17) is 23.7 Å². The lowest BCUT2D eigenvalue weighted by atomic mass is 9.81. The van der Waals surface area contributed by atoms with Gasteiger partial charge in [-0.2, -0.15) is 0 Å². The highest BCUT2D eigenvalue weighted by Gasteiger charge is 2.53. The van der Waals surface area contributed by atoms with Crippen LogP contribution in [0.4, 0.5) is 0 Å². The van der Waals surface area contributed by atoms with Crippen LogP contribution in [-0.2, 0) is 42.9 Å². The number of aliphatic hydroxyl groups excluding tert-OH is 3. The number of carbonyl (C=O) groups is 4. The summed E-state index contributed by atoms with van der Waals surface area (Å²) in [6.07, 6.45) is 3.45. The molecule has 3 aliphatic rings. The quantitative estimate of drug-likeness (QED) is 0.109. The van der Waals surface area contributed by atoms with Crippen molar-refractivity contribution in [1.29, 1.82) is 0 Å². The van der Waals surface area contributed by atoms with Crippen LogP contribution in [0.2, 0.25) is 0 Å². The number of hydrogen-bond acceptors (Lipinski definition) is 13. The number of aliphatic hydroxyl groups is 4. The number of nitrogens with zero attached hydrogens (tertiary/aromatic N) is 1. The van der Waals surface area contributed by atoms with Gasteiger partial charge in [-0.05, 0) is 102 Å². The monoisotopic (exact) mass is 850 g/mol. The van der Waals surface area contributed by atoms with Crippen LogP contribution in [-0.4, -0.2) is 138 Å². The number of Topliss-reactive ketones (excluding diaryl/α,β-unsaturated/α-hetero) is 2. The minimum Gasteiger partial charge on any atom is -0.456 e. The fraction of sp³-hybridized carbons (Fsp3) is 0.783. The molecule has 1 amide bonds. The van der Waals surface area contributed by atoms with Crippen LogP contribution >= 0.6 is 0 Å². The zero-order valence-electron chi connectivity index (χ0n) is 37.5. The number of esters is 1. The van der Waals surface area contributed by atoms with Crippen molar-refractivity contribution in [2.45, 2.75) is 167 Å². The number of rotatable bonds is 9. The third-order valence-electron chi connectivity index (χ3n) is 12.8. The predicted octanol–water partition coefficient (Wildman–Crippen LogP) is 4.64. The van der Waals surface area contributed by atoms with Gasteiger partial charge in [-0.15, -0.1) is 6.58 Å². The highest BCUT2D eigenvalue weighted by Crippen LogP contribution is 2.34. The number of ether oxygens (including phenoxy) is 5. The van der Waals surface area contributed by atoms with E-state index in [1.807, 2.05) is 26.0 Å². The second kappa shape index (κ2) is 24.1. The molecule has 14 nitrogen and oxygen atoms in total. The highest BCUT2D eigenvalue weighted by atomic mass is 16.6. The molecule has 1 saturated heterocycles. The SMILES string of the molecule is C=CC[C@@H]1C=C(C)C[C@H](C)C[C@H](OC)C(O)[C@@H](OC)C[C@@H](C)C(=O)[C@@](O)(OCC)C(=O)N2CCCC[C@H]2C(=O)O[C@H](/C(C)=C/[C@@H]2CC[C@@H](O)[C@H](OC)C2)[C@H](C)[C@@H](O)CC1=O. The van der Waals surface area contributed by atoms with Crippen LogP contribution in [0, 0.1) is 29.6 Å². The van der Waals surface area contributed by atoms with E-state index in [0.717, 1.165) is 10.5 Å². The van der Waals surface area contributed by atoms with Crippen molar-refractivity contribution in [3.05, 3.63) is 36.0 Å². The van der Waals surface area contributed by atoms with E-state index in [1.54, 1.807) is 27.0 Å². The Morgan fingerprint density at radius 2 is 1.57 bits per heavy atom. The summed E-state index contributed by atoms with van der Waals surface area (Å²) in [5.74, 6) is -8.42. The minimum absolute atomic E-state index is 0.0147. The first-order chi connectivity index (χ1) is 28.4. The molecule has 342 valence electrons. The maximum absolute atomic E-state index is 14.4. The lowest BCUT2D eigenvalue weighted by Gasteiger charge is -2.40. The molecule has 0 aromatic carbocycles. The van der Waals surface area contributed by atoms with E-state index >= 15 is 0 Å². The van der Waals surface area contributed by atoms with Crippen LogP contribution in [0.5, 0.6) is 0 Å². The maximum atomic E-state index is 14.4. The Bertz CT molecular complexity index is 1500. The Morgan fingerprint density at radius 3 is 2.18 bits per heavy atom. The molecule has 4 N–H and O–H groups in total. The predicted molar refractivity (Wildman–Crippen MR) is 225 cm³/mol. The Morgan fingerprint density at radius 1 is 0.917 bits per heavy atom. The minimum atomic E-state index is -2.95. The Balaban J connectivity index is 2.14. The summed E-state index contributed by atoms with van der Waals surface area (Å²) in [5, 5.41) is 45.6. The number of carbonyl (C=O) groups excluding carboxylic acids is 4. The number of fused-ring (bicyclic) bond motifs is 1. The van der Waals surface area contributed by atoms with Gasteiger partial charge < -0.3 is 49.0 Å². The summed E-state index contributed by atoms with van der Waals surface area (Å²) >= 11 is 0. The summed E-state index contributed by atoms with van der Waals surface area (Å²) in [5.41, 5.74) is 1.56. The first-order valence-corrected chi connectivity index (χ1v) is 21.9. The normalized spacial score (nSPS) is 38.1. The van der Waals surface area contributed by atoms with Gasteiger partial charge in [-0.25, -0.2) is 4.79 Å². The van der Waals surface area contributed by atoms with Crippen LogP contribution in [0.1, 0.15) is 112 Å². The molecule has 2 heterocycles. The molecule has 2 aliphatic heterocycles. The van der Waals surface area contributed by atoms with Crippen LogP contribution in [0.15, 0.2) is 36.0 Å². The Labute approximate surface area is 357 Å². The molecule has 0 bridgehead atoms. The average molecular weight is 850 g/mol. The first-order valence-electron chi connectivity index (χ1n) is 21.9. The molecule has 1 aliphatic carbocycles. The lowest BCUT2D eigenvalue weighted by molar-refractivity contribution is -0.219. The van der Waals surface area contributed by atoms with Crippen molar-refractivity contribution >= 4 is 23.4 Å². The Hall–Kier alpha value is -2.82. The van der Waals surface area contributed by atoms with Crippen LogP contribution in [0.25, 0.3) is 0 Å². The summed E-state index contributed by atoms with van der Waals surface area (Å²) in [6.45, 7) is 14.2. The maximum Gasteiger partial charge on any atom is 0.329 e. The van der Waals surface area contributed by atoms with Crippen molar-refractivity contribution in [3.63, 3.8) is 0 Å². The van der Waals surface area contributed by atoms with E-state index in [9.17, 15) is 39.6 Å². The smallest absolute Gasteiger partial charge is 0.329 e. The van der Waals surface area contributed by atoms with Crippen molar-refractivity contribution in [1.82, 2.24) is 4.90 Å². The molecular formula is C46H75NO13. The van der Waals surface area contributed by atoms with Gasteiger partial charge in [0.2, 0.25) is 5.78 Å². The van der Waals surface area contributed by atoms with E-state index in [-0.39, 0.29) is 56.1 Å². The number of methoxy groups -OCH3 is 3. The number of amides is 1. The molecule has 60 heavy (non-hydrogen) atoms. The Kier molecular flexibility index (Phi) is 20.7. The number of hydrogen-bond donors (Lipinski definition) is 4. The molecule has 1 unspecified atom stereocenters. The fourth-order valence-electron chi connectivity index (χ4n) is 9.33. The zero-order valence-corrected chi connectivity index (χ0v) is 37.5. The van der Waals surface area contributed by atoms with Gasteiger partial charge in [0, 0.05) is 58.7 Å². The number of piperidine rings is 1. The van der Waals surface area contributed by atoms with Gasteiger partial charge in [0.25, 0.3) is 5.91 Å². The highest BCUT2D eigenvalue weighted by molar-refractivity contribution is 6.09. The average Bonchev–Trinajstić information content (AvgIpc) is 3.22. The van der Waals surface area contributed by atoms with Crippen molar-refractivity contribution in [3.8, 4) is 0 Å². The van der Waals surface area contributed by atoms with Gasteiger partial charge in [0.05, 0.1) is 30.5 Å². The molecule has 1 saturated carbocycles. The second-order valence-corrected chi connectivity index (χ2v) is 17.6. The van der Waals surface area contributed by atoms with Crippen molar-refractivity contribution < 1.29 is 63.3 Å². The van der Waals surface area contributed by atoms with Crippen molar-refractivity contribution in [2.75, 3.05) is 34.5 Å². The summed E-state index contributed by atoms with van der Waals surface area (Å²) < 4.78 is 28.8. The molecule has 3 rings (SSSR count). The molecular weight excluding hydrogens is 774 g/mol. The zero-order chi connectivity index (χ0) is 44.9. The van der Waals surface area contributed by atoms with Gasteiger partial charge >= 0.3 is 11.8 Å². The van der Waals surface area contributed by atoms with Gasteiger partial charge in [0.15, 0.2) is 0 Å². The standard InChI is InChI=1S/C46H75NO13/c1-11-15-33-21-27(3)20-28(4)22-39(57-9)41(51)40(58-10)24-30(6)43(52)46(55,59-12-2)45(54)47-19-14-13-16-34(47)44(53)60-42(31(7)36(49)26-37(33)50)29(5)23-32-17-18-35(48)38(25-32)56-8/h11,21,23,28,30-36,38-42,48-49,51,55H,1,12-20,22,24-26H2,2-10H3/b27-21?,29-23+/t28-,30+,31+,32-,33+,34-,35+,36-,38+,39-,40-,41?,42+,46+/m0/s1. The summed E-state index contributed by atoms with van der Waals surface area (Å²) in [4.78, 5) is 58.1. The number of allylic oxidation sites excluding steroid dienone is 4. The largest absolute Gasteiger partial charge is 0.456 e. The lowest BCUT2D eigenvalue weighted by Crippen LogP contribution is -2.62. The molecule has 0 aromatic heterocycles. The van der Waals surface area contributed by atoms with E-state index in [2.05, 4.69) is 6.58 Å². The van der Waals surface area contributed by atoms with Crippen LogP contribution in [0.3, 0.4) is 0 Å². The van der Waals surface area contributed by atoms with Crippen molar-refractivity contribution in [2.24, 2.45) is 29.6 Å². The third-order valence-corrected chi connectivity index (χ3v) is 12.8. The molecule has 0 aromatic rings. The van der Waals surface area contributed by atoms with Crippen LogP contribution < -0.4 is 0 Å². The molecule has 0 spiro atoms. The molecule has 14 atom stereocenters. The van der Waals surface area contributed by atoms with Gasteiger partial charge in [-0.3, -0.25) is 14.4 Å².